The SMILES string of the molecule is CNCCN(C)/N=C1\C(=C(/NC)NC2CCOCC2)C=NN1C(C)(C)C. The number of likely N-dealkylation sites (N-methyl/N-ethyl adjacent to an activating group) is 2. The number of nitrogens with one attached hydrogen (secondary N) is 3. The van der Waals surface area contributed by atoms with Gasteiger partial charge in [0.2, 0.25) is 0 Å². The molecule has 2 aliphatic rings. The van der Waals surface area contributed by atoms with Gasteiger partial charge in [-0.1, -0.05) is 0 Å². The van der Waals surface area contributed by atoms with Crippen LogP contribution in [0.4, 0.5) is 0 Å². The average molecular weight is 366 g/mol. The number of hydrogen-bond donors (Lipinski definition) is 3. The lowest BCUT2D eigenvalue weighted by Crippen LogP contribution is -2.43. The molecule has 26 heavy (non-hydrogen) atoms. The topological polar surface area (TPSA) is 76.5 Å². The van der Waals surface area contributed by atoms with E-state index in [-0.39, 0.29) is 5.54 Å². The number of hydrazone groups is 2. The number of amidine groups is 1. The molecule has 2 rings (SSSR count). The highest BCUT2D eigenvalue weighted by Gasteiger charge is 2.33. The first-order valence-electron chi connectivity index (χ1n) is 9.42. The Morgan fingerprint density at radius 3 is 2.62 bits per heavy atom. The van der Waals surface area contributed by atoms with Crippen LogP contribution in [0, 0.1) is 0 Å². The molecule has 1 fully saturated rings. The summed E-state index contributed by atoms with van der Waals surface area (Å²) in [7, 11) is 5.88. The number of rotatable bonds is 7. The van der Waals surface area contributed by atoms with Crippen molar-refractivity contribution in [2.75, 3.05) is 47.4 Å². The summed E-state index contributed by atoms with van der Waals surface area (Å²) >= 11 is 0. The maximum absolute atomic E-state index is 5.47. The van der Waals surface area contributed by atoms with Crippen LogP contribution >= 0.6 is 0 Å². The minimum absolute atomic E-state index is 0.154. The van der Waals surface area contributed by atoms with Gasteiger partial charge in [0.1, 0.15) is 5.82 Å². The second kappa shape index (κ2) is 9.23. The summed E-state index contributed by atoms with van der Waals surface area (Å²) in [6.07, 6.45) is 3.91. The fourth-order valence-corrected chi connectivity index (χ4v) is 2.92. The molecule has 0 atom stereocenters. The molecular weight excluding hydrogens is 330 g/mol. The smallest absolute Gasteiger partial charge is 0.181 e. The van der Waals surface area contributed by atoms with Crippen LogP contribution in [-0.2, 0) is 4.74 Å². The van der Waals surface area contributed by atoms with Crippen molar-refractivity contribution in [1.82, 2.24) is 26.0 Å². The zero-order chi connectivity index (χ0) is 19.2. The predicted octanol–water partition coefficient (Wildman–Crippen LogP) is 0.751. The molecule has 0 bridgehead atoms. The summed E-state index contributed by atoms with van der Waals surface area (Å²) in [6, 6.07) is 0.402. The van der Waals surface area contributed by atoms with E-state index < -0.39 is 0 Å². The van der Waals surface area contributed by atoms with E-state index in [0.29, 0.717) is 6.04 Å². The zero-order valence-electron chi connectivity index (χ0n) is 17.1. The van der Waals surface area contributed by atoms with E-state index in [2.05, 4.69) is 41.8 Å². The summed E-state index contributed by atoms with van der Waals surface area (Å²) in [5, 5.41) is 23.5. The van der Waals surface area contributed by atoms with Gasteiger partial charge in [0.25, 0.3) is 0 Å². The Morgan fingerprint density at radius 1 is 1.35 bits per heavy atom. The Morgan fingerprint density at radius 2 is 2.04 bits per heavy atom. The Bertz CT molecular complexity index is 544. The molecule has 2 aliphatic heterocycles. The van der Waals surface area contributed by atoms with Gasteiger partial charge in [-0.25, -0.2) is 5.01 Å². The van der Waals surface area contributed by atoms with Crippen LogP contribution in [0.25, 0.3) is 0 Å². The van der Waals surface area contributed by atoms with Crippen LogP contribution in [-0.4, -0.2) is 81.1 Å². The lowest BCUT2D eigenvalue weighted by Gasteiger charge is -2.32. The number of nitrogens with zero attached hydrogens (tertiary/aromatic N) is 4. The van der Waals surface area contributed by atoms with E-state index in [1.54, 1.807) is 0 Å². The van der Waals surface area contributed by atoms with Crippen molar-refractivity contribution in [3.63, 3.8) is 0 Å². The summed E-state index contributed by atoms with van der Waals surface area (Å²) in [4.78, 5) is 0. The zero-order valence-corrected chi connectivity index (χ0v) is 17.1. The highest BCUT2D eigenvalue weighted by atomic mass is 16.5. The van der Waals surface area contributed by atoms with Crippen LogP contribution in [0.15, 0.2) is 21.6 Å². The van der Waals surface area contributed by atoms with Gasteiger partial charge in [-0.15, -0.1) is 0 Å². The normalized spacial score (nSPS) is 22.1. The minimum Gasteiger partial charge on any atom is -0.381 e. The molecule has 8 nitrogen and oxygen atoms in total. The molecule has 3 N–H and O–H groups in total. The standard InChI is InChI=1S/C18H35N7O/c1-18(2,3)25-17(23-24(6)10-9-19-4)15(13-21-25)16(20-5)22-14-7-11-26-12-8-14/h13-14,19-20,22H,7-12H2,1-6H3/b16-15+,23-17+. The third kappa shape index (κ3) is 5.35. The molecule has 0 aromatic rings. The van der Waals surface area contributed by atoms with Crippen LogP contribution in [0.5, 0.6) is 0 Å². The fourth-order valence-electron chi connectivity index (χ4n) is 2.92. The third-order valence-corrected chi connectivity index (χ3v) is 4.42. The van der Waals surface area contributed by atoms with Gasteiger partial charge in [-0.2, -0.15) is 10.2 Å². The van der Waals surface area contributed by atoms with Gasteiger partial charge >= 0.3 is 0 Å². The van der Waals surface area contributed by atoms with Gasteiger partial charge in [0.05, 0.1) is 17.3 Å². The van der Waals surface area contributed by atoms with E-state index in [0.717, 1.165) is 56.4 Å². The second-order valence-electron chi connectivity index (χ2n) is 7.71. The number of hydrogen-bond acceptors (Lipinski definition) is 7. The number of ether oxygens (including phenoxy) is 1. The predicted molar refractivity (Wildman–Crippen MR) is 107 cm³/mol. The first-order valence-corrected chi connectivity index (χ1v) is 9.42. The Hall–Kier alpha value is -1.80. The maximum atomic E-state index is 5.47. The Labute approximate surface area is 157 Å². The minimum atomic E-state index is -0.154. The quantitative estimate of drug-likeness (QED) is 0.578. The van der Waals surface area contributed by atoms with Crippen molar-refractivity contribution in [2.24, 2.45) is 10.2 Å². The van der Waals surface area contributed by atoms with Crippen molar-refractivity contribution in [1.29, 1.82) is 0 Å². The molecule has 8 heteroatoms. The molecule has 0 spiro atoms. The third-order valence-electron chi connectivity index (χ3n) is 4.42. The Balaban J connectivity index is 2.29. The molecule has 0 aromatic carbocycles. The molecule has 0 aliphatic carbocycles. The first kappa shape index (κ1) is 20.5. The Kier molecular flexibility index (Phi) is 7.28. The molecule has 0 saturated carbocycles. The van der Waals surface area contributed by atoms with Gasteiger partial charge in [0.15, 0.2) is 5.84 Å². The van der Waals surface area contributed by atoms with E-state index in [9.17, 15) is 0 Å². The van der Waals surface area contributed by atoms with Crippen molar-refractivity contribution < 1.29 is 4.74 Å². The van der Waals surface area contributed by atoms with Gasteiger partial charge in [0, 0.05) is 46.4 Å². The lowest BCUT2D eigenvalue weighted by molar-refractivity contribution is 0.0799. The summed E-state index contributed by atoms with van der Waals surface area (Å²) in [6.45, 7) is 9.74. The van der Waals surface area contributed by atoms with Crippen molar-refractivity contribution >= 4 is 12.1 Å². The van der Waals surface area contributed by atoms with E-state index in [4.69, 9.17) is 9.84 Å². The van der Waals surface area contributed by atoms with Crippen molar-refractivity contribution in [3.8, 4) is 0 Å². The molecule has 1 saturated heterocycles. The van der Waals surface area contributed by atoms with Crippen LogP contribution in [0.3, 0.4) is 0 Å². The summed E-state index contributed by atoms with van der Waals surface area (Å²) in [5.41, 5.74) is 0.837. The molecule has 0 unspecified atom stereocenters. The summed E-state index contributed by atoms with van der Waals surface area (Å²) in [5.74, 6) is 1.83. The molecule has 0 radical (unpaired) electrons. The molecule has 2 heterocycles. The average Bonchev–Trinajstić information content (AvgIpc) is 3.02. The lowest BCUT2D eigenvalue weighted by atomic mass is 10.1. The van der Waals surface area contributed by atoms with Crippen LogP contribution in [0.2, 0.25) is 0 Å². The highest BCUT2D eigenvalue weighted by molar-refractivity contribution is 6.18. The van der Waals surface area contributed by atoms with E-state index >= 15 is 0 Å². The highest BCUT2D eigenvalue weighted by Crippen LogP contribution is 2.24. The second-order valence-corrected chi connectivity index (χ2v) is 7.71. The monoisotopic (exact) mass is 365 g/mol. The molecule has 0 aromatic heterocycles. The van der Waals surface area contributed by atoms with E-state index in [1.165, 1.54) is 0 Å². The molecule has 148 valence electrons. The largest absolute Gasteiger partial charge is 0.381 e. The van der Waals surface area contributed by atoms with Crippen LogP contribution < -0.4 is 16.0 Å². The van der Waals surface area contributed by atoms with Crippen LogP contribution in [0.1, 0.15) is 33.6 Å². The van der Waals surface area contributed by atoms with E-state index in [1.807, 2.05) is 37.4 Å². The van der Waals surface area contributed by atoms with Gasteiger partial charge in [-0.3, -0.25) is 5.01 Å². The van der Waals surface area contributed by atoms with Gasteiger partial charge in [-0.05, 0) is 40.7 Å². The summed E-state index contributed by atoms with van der Waals surface area (Å²) < 4.78 is 5.47. The molecule has 0 amide bonds. The fraction of sp³-hybridized carbons (Fsp3) is 0.778. The van der Waals surface area contributed by atoms with Crippen molar-refractivity contribution in [3.05, 3.63) is 11.4 Å². The molecular formula is C18H35N7O. The maximum Gasteiger partial charge on any atom is 0.181 e. The van der Waals surface area contributed by atoms with Gasteiger partial charge < -0.3 is 20.7 Å². The first-order chi connectivity index (χ1) is 12.4. The van der Waals surface area contributed by atoms with Crippen molar-refractivity contribution in [2.45, 2.75) is 45.2 Å².